The van der Waals surface area contributed by atoms with Gasteiger partial charge in [0, 0.05) is 11.2 Å². The number of benzene rings is 1. The highest BCUT2D eigenvalue weighted by molar-refractivity contribution is 7.98. The fourth-order valence-corrected chi connectivity index (χ4v) is 2.73. The summed E-state index contributed by atoms with van der Waals surface area (Å²) in [5.74, 6) is 7.72. The third-order valence-electron chi connectivity index (χ3n) is 2.95. The first-order valence-electron chi connectivity index (χ1n) is 6.28. The lowest BCUT2D eigenvalue weighted by molar-refractivity contribution is 0.523. The number of aromatic nitrogens is 3. The second-order valence-corrected chi connectivity index (χ2v) is 6.58. The molecule has 2 rings (SSSR count). The Labute approximate surface area is 118 Å². The maximum Gasteiger partial charge on any atom is 0.210 e. The normalized spacial score (nSPS) is 11.8. The summed E-state index contributed by atoms with van der Waals surface area (Å²) >= 11 is 1.62. The van der Waals surface area contributed by atoms with E-state index in [-0.39, 0.29) is 5.41 Å². The maximum absolute atomic E-state index is 6.06. The van der Waals surface area contributed by atoms with Crippen molar-refractivity contribution in [2.45, 2.75) is 44.0 Å². The highest BCUT2D eigenvalue weighted by Crippen LogP contribution is 2.26. The molecule has 0 saturated carbocycles. The summed E-state index contributed by atoms with van der Waals surface area (Å²) in [6.45, 7) is 8.35. The largest absolute Gasteiger partial charge is 0.336 e. The van der Waals surface area contributed by atoms with E-state index in [4.69, 9.17) is 5.84 Å². The van der Waals surface area contributed by atoms with Gasteiger partial charge in [0.05, 0.1) is 0 Å². The van der Waals surface area contributed by atoms with Gasteiger partial charge in [-0.25, -0.2) is 4.68 Å². The summed E-state index contributed by atoms with van der Waals surface area (Å²) in [7, 11) is 0. The average molecular weight is 276 g/mol. The van der Waals surface area contributed by atoms with Gasteiger partial charge in [-0.3, -0.25) is 0 Å². The molecule has 5 heteroatoms. The lowest BCUT2D eigenvalue weighted by atomic mass is 9.96. The molecule has 102 valence electrons. The lowest BCUT2D eigenvalue weighted by Crippen LogP contribution is -2.24. The molecule has 0 spiro atoms. The van der Waals surface area contributed by atoms with E-state index in [9.17, 15) is 0 Å². The van der Waals surface area contributed by atoms with Crippen molar-refractivity contribution in [2.24, 2.45) is 0 Å². The van der Waals surface area contributed by atoms with Crippen LogP contribution in [0.5, 0.6) is 0 Å². The predicted molar refractivity (Wildman–Crippen MR) is 79.6 cm³/mol. The maximum atomic E-state index is 6.06. The summed E-state index contributed by atoms with van der Waals surface area (Å²) in [4.78, 5) is 0. The number of hydrogen-bond acceptors (Lipinski definition) is 4. The fourth-order valence-electron chi connectivity index (χ4n) is 1.80. The van der Waals surface area contributed by atoms with Crippen LogP contribution in [0, 0.1) is 6.92 Å². The molecule has 4 nitrogen and oxygen atoms in total. The first-order chi connectivity index (χ1) is 8.89. The molecule has 0 bridgehead atoms. The van der Waals surface area contributed by atoms with E-state index in [1.165, 1.54) is 11.1 Å². The van der Waals surface area contributed by atoms with Crippen LogP contribution in [0.25, 0.3) is 0 Å². The summed E-state index contributed by atoms with van der Waals surface area (Å²) in [6.07, 6.45) is 0. The van der Waals surface area contributed by atoms with Crippen molar-refractivity contribution >= 4 is 11.8 Å². The van der Waals surface area contributed by atoms with Gasteiger partial charge in [0.25, 0.3) is 0 Å². The minimum atomic E-state index is -0.0940. The molecule has 0 aliphatic carbocycles. The van der Waals surface area contributed by atoms with Crippen molar-refractivity contribution < 1.29 is 0 Å². The van der Waals surface area contributed by atoms with Crippen molar-refractivity contribution in [3.05, 3.63) is 41.2 Å². The third-order valence-corrected chi connectivity index (χ3v) is 3.95. The summed E-state index contributed by atoms with van der Waals surface area (Å²) in [5.41, 5.74) is 2.49. The van der Waals surface area contributed by atoms with Crippen LogP contribution in [-0.4, -0.2) is 14.9 Å². The Hall–Kier alpha value is -1.49. The smallest absolute Gasteiger partial charge is 0.210 e. The molecule has 0 aliphatic heterocycles. The van der Waals surface area contributed by atoms with E-state index in [2.05, 4.69) is 56.1 Å². The summed E-state index contributed by atoms with van der Waals surface area (Å²) in [6, 6.07) is 8.34. The van der Waals surface area contributed by atoms with Crippen molar-refractivity contribution in [1.82, 2.24) is 14.9 Å². The molecule has 0 fully saturated rings. The molecule has 2 aromatic rings. The zero-order chi connectivity index (χ0) is 14.0. The van der Waals surface area contributed by atoms with Crippen LogP contribution < -0.4 is 5.84 Å². The number of thioether (sulfide) groups is 1. The average Bonchev–Trinajstić information content (AvgIpc) is 2.69. The highest BCUT2D eigenvalue weighted by atomic mass is 32.2. The van der Waals surface area contributed by atoms with Gasteiger partial charge in [0.2, 0.25) is 5.16 Å². The second kappa shape index (κ2) is 5.25. The minimum Gasteiger partial charge on any atom is -0.336 e. The quantitative estimate of drug-likeness (QED) is 0.692. The zero-order valence-corrected chi connectivity index (χ0v) is 12.7. The van der Waals surface area contributed by atoms with Gasteiger partial charge in [0.1, 0.15) is 0 Å². The van der Waals surface area contributed by atoms with Crippen LogP contribution >= 0.6 is 11.8 Å². The first kappa shape index (κ1) is 13.9. The Morgan fingerprint density at radius 1 is 1.21 bits per heavy atom. The molecule has 19 heavy (non-hydrogen) atoms. The second-order valence-electron chi connectivity index (χ2n) is 5.64. The molecule has 0 radical (unpaired) electrons. The zero-order valence-electron chi connectivity index (χ0n) is 11.8. The van der Waals surface area contributed by atoms with Crippen molar-refractivity contribution in [1.29, 1.82) is 0 Å². The molecule has 1 heterocycles. The first-order valence-corrected chi connectivity index (χ1v) is 7.26. The van der Waals surface area contributed by atoms with Gasteiger partial charge >= 0.3 is 0 Å². The number of nitrogens with two attached hydrogens (primary N) is 1. The Balaban J connectivity index is 2.13. The van der Waals surface area contributed by atoms with Crippen LogP contribution in [0.15, 0.2) is 29.4 Å². The van der Waals surface area contributed by atoms with Gasteiger partial charge < -0.3 is 5.84 Å². The van der Waals surface area contributed by atoms with Crippen LogP contribution in [0.2, 0.25) is 0 Å². The van der Waals surface area contributed by atoms with Crippen LogP contribution in [0.3, 0.4) is 0 Å². The molecule has 1 aromatic heterocycles. The number of nitrogen functional groups attached to an aromatic ring is 1. The fraction of sp³-hybridized carbons (Fsp3) is 0.429. The van der Waals surface area contributed by atoms with Crippen molar-refractivity contribution in [2.75, 3.05) is 5.84 Å². The summed E-state index contributed by atoms with van der Waals surface area (Å²) in [5, 5.41) is 9.12. The van der Waals surface area contributed by atoms with Crippen molar-refractivity contribution in [3.8, 4) is 0 Å². The van der Waals surface area contributed by atoms with E-state index >= 15 is 0 Å². The molecule has 0 saturated heterocycles. The Morgan fingerprint density at radius 3 is 2.47 bits per heavy atom. The van der Waals surface area contributed by atoms with E-state index in [0.717, 1.165) is 16.7 Å². The summed E-state index contributed by atoms with van der Waals surface area (Å²) < 4.78 is 1.60. The number of hydrogen-bond donors (Lipinski definition) is 1. The third kappa shape index (κ3) is 3.10. The number of rotatable bonds is 3. The van der Waals surface area contributed by atoms with Gasteiger partial charge in [-0.15, -0.1) is 10.2 Å². The van der Waals surface area contributed by atoms with E-state index in [1.54, 1.807) is 16.4 Å². The molecule has 1 aromatic carbocycles. The molecule has 0 amide bonds. The molecular weight excluding hydrogens is 256 g/mol. The van der Waals surface area contributed by atoms with Crippen molar-refractivity contribution in [3.63, 3.8) is 0 Å². The number of nitrogens with zero attached hydrogens (tertiary/aromatic N) is 3. The van der Waals surface area contributed by atoms with Gasteiger partial charge in [-0.2, -0.15) is 0 Å². The lowest BCUT2D eigenvalue weighted by Gasteiger charge is -2.16. The molecule has 2 N–H and O–H groups in total. The van der Waals surface area contributed by atoms with E-state index in [0.29, 0.717) is 0 Å². The topological polar surface area (TPSA) is 56.7 Å². The molecular formula is C14H20N4S. The Kier molecular flexibility index (Phi) is 3.85. The van der Waals surface area contributed by atoms with Crippen LogP contribution in [0.1, 0.15) is 37.7 Å². The molecule has 0 unspecified atom stereocenters. The number of aryl methyl sites for hydroxylation is 1. The minimum absolute atomic E-state index is 0.0940. The van der Waals surface area contributed by atoms with Crippen LogP contribution in [0.4, 0.5) is 0 Å². The monoisotopic (exact) mass is 276 g/mol. The molecule has 0 aliphatic rings. The predicted octanol–water partition coefficient (Wildman–Crippen LogP) is 2.89. The standard InChI is InChI=1S/C14H20N4S/c1-10-7-5-6-8-11(10)9-19-13-17-16-12(18(13)15)14(2,3)4/h5-8H,9,15H2,1-4H3. The van der Waals surface area contributed by atoms with Crippen LogP contribution in [-0.2, 0) is 11.2 Å². The highest BCUT2D eigenvalue weighted by Gasteiger charge is 2.22. The molecule has 0 atom stereocenters. The van der Waals surface area contributed by atoms with Gasteiger partial charge in [0.15, 0.2) is 5.82 Å². The van der Waals surface area contributed by atoms with Gasteiger partial charge in [-0.05, 0) is 18.1 Å². The SMILES string of the molecule is Cc1ccccc1CSc1nnc(C(C)(C)C)n1N. The Morgan fingerprint density at radius 2 is 1.89 bits per heavy atom. The van der Waals surface area contributed by atoms with E-state index < -0.39 is 0 Å². The van der Waals surface area contributed by atoms with E-state index in [1.807, 2.05) is 6.07 Å². The Bertz CT molecular complexity index is 569. The van der Waals surface area contributed by atoms with Gasteiger partial charge in [-0.1, -0.05) is 56.8 Å².